The lowest BCUT2D eigenvalue weighted by molar-refractivity contribution is -0.384. The number of aromatic nitrogens is 3. The second-order valence-electron chi connectivity index (χ2n) is 3.97. The van der Waals surface area contributed by atoms with Gasteiger partial charge in [0.15, 0.2) is 0 Å². The second kappa shape index (κ2) is 5.89. The average Bonchev–Trinajstić information content (AvgIpc) is 2.79. The van der Waals surface area contributed by atoms with E-state index in [0.717, 1.165) is 11.3 Å². The minimum atomic E-state index is -0.422. The number of nitro groups is 1. The van der Waals surface area contributed by atoms with Crippen molar-refractivity contribution in [2.45, 2.75) is 13.1 Å². The zero-order valence-electron chi connectivity index (χ0n) is 10.2. The van der Waals surface area contributed by atoms with Crippen LogP contribution in [-0.2, 0) is 13.1 Å². The van der Waals surface area contributed by atoms with E-state index in [0.29, 0.717) is 17.6 Å². The molecule has 1 aromatic heterocycles. The largest absolute Gasteiger partial charge is 0.314 e. The Morgan fingerprint density at radius 3 is 2.95 bits per heavy atom. The second-order valence-corrected chi connectivity index (χ2v) is 4.82. The van der Waals surface area contributed by atoms with E-state index in [-0.39, 0.29) is 5.69 Å². The lowest BCUT2D eigenvalue weighted by atomic mass is 10.2. The van der Waals surface area contributed by atoms with Crippen LogP contribution in [-0.4, -0.2) is 27.0 Å². The Morgan fingerprint density at radius 2 is 2.32 bits per heavy atom. The molecule has 19 heavy (non-hydrogen) atoms. The van der Waals surface area contributed by atoms with Gasteiger partial charge in [-0.15, -0.1) is 5.10 Å². The molecule has 7 nitrogen and oxygen atoms in total. The summed E-state index contributed by atoms with van der Waals surface area (Å²) >= 11 is 3.33. The van der Waals surface area contributed by atoms with Gasteiger partial charge in [0.1, 0.15) is 0 Å². The predicted octanol–water partition coefficient (Wildman–Crippen LogP) is 1.72. The maximum atomic E-state index is 10.6. The molecule has 0 spiro atoms. The Bertz CT molecular complexity index is 599. The average molecular weight is 326 g/mol. The molecular weight excluding hydrogens is 314 g/mol. The van der Waals surface area contributed by atoms with E-state index in [2.05, 4.69) is 31.6 Å². The van der Waals surface area contributed by atoms with Crippen molar-refractivity contribution in [2.75, 3.05) is 7.05 Å². The first-order valence-electron chi connectivity index (χ1n) is 5.56. The van der Waals surface area contributed by atoms with Crippen LogP contribution in [0.15, 0.2) is 28.9 Å². The molecule has 0 aliphatic rings. The van der Waals surface area contributed by atoms with Crippen molar-refractivity contribution in [1.82, 2.24) is 20.3 Å². The number of rotatable bonds is 5. The third-order valence-corrected chi connectivity index (χ3v) is 3.26. The van der Waals surface area contributed by atoms with Crippen molar-refractivity contribution < 1.29 is 4.92 Å². The Labute approximate surface area is 117 Å². The molecule has 1 aromatic carbocycles. The van der Waals surface area contributed by atoms with Gasteiger partial charge in [-0.2, -0.15) is 0 Å². The van der Waals surface area contributed by atoms with Crippen LogP contribution in [0.3, 0.4) is 0 Å². The number of benzene rings is 1. The minimum absolute atomic E-state index is 0.0603. The van der Waals surface area contributed by atoms with E-state index in [9.17, 15) is 10.1 Å². The SMILES string of the molecule is CNCc1cn(Cc2ccc([N+](=O)[O-])cc2Br)nn1. The zero-order chi connectivity index (χ0) is 13.8. The number of non-ortho nitro benzene ring substituents is 1. The van der Waals surface area contributed by atoms with Gasteiger partial charge in [-0.05, 0) is 18.7 Å². The summed E-state index contributed by atoms with van der Waals surface area (Å²) in [6, 6.07) is 4.67. The summed E-state index contributed by atoms with van der Waals surface area (Å²) in [4.78, 5) is 10.2. The summed E-state index contributed by atoms with van der Waals surface area (Å²) in [5.74, 6) is 0. The van der Waals surface area contributed by atoms with Gasteiger partial charge < -0.3 is 5.32 Å². The quantitative estimate of drug-likeness (QED) is 0.668. The molecular formula is C11H12BrN5O2. The lowest BCUT2D eigenvalue weighted by Gasteiger charge is -2.03. The van der Waals surface area contributed by atoms with E-state index in [1.807, 2.05) is 13.2 Å². The monoisotopic (exact) mass is 325 g/mol. The fraction of sp³-hybridized carbons (Fsp3) is 0.273. The van der Waals surface area contributed by atoms with Crippen LogP contribution >= 0.6 is 15.9 Å². The molecule has 0 aliphatic carbocycles. The molecule has 1 heterocycles. The van der Waals surface area contributed by atoms with Crippen LogP contribution in [0.2, 0.25) is 0 Å². The summed E-state index contributed by atoms with van der Waals surface area (Å²) in [5, 5.41) is 21.6. The normalized spacial score (nSPS) is 10.6. The number of hydrogen-bond acceptors (Lipinski definition) is 5. The molecule has 0 atom stereocenters. The lowest BCUT2D eigenvalue weighted by Crippen LogP contribution is -2.05. The van der Waals surface area contributed by atoms with Gasteiger partial charge in [0.25, 0.3) is 5.69 Å². The van der Waals surface area contributed by atoms with E-state index < -0.39 is 4.92 Å². The van der Waals surface area contributed by atoms with E-state index in [4.69, 9.17) is 0 Å². The number of nitrogens with one attached hydrogen (secondary N) is 1. The maximum Gasteiger partial charge on any atom is 0.270 e. The van der Waals surface area contributed by atoms with E-state index in [1.54, 1.807) is 10.7 Å². The fourth-order valence-corrected chi connectivity index (χ4v) is 2.12. The van der Waals surface area contributed by atoms with Crippen LogP contribution in [0.1, 0.15) is 11.3 Å². The Kier molecular flexibility index (Phi) is 4.23. The number of nitro benzene ring substituents is 1. The van der Waals surface area contributed by atoms with E-state index in [1.165, 1.54) is 12.1 Å². The van der Waals surface area contributed by atoms with Gasteiger partial charge in [-0.3, -0.25) is 10.1 Å². The van der Waals surface area contributed by atoms with Crippen molar-refractivity contribution in [3.8, 4) is 0 Å². The first-order chi connectivity index (χ1) is 9.10. The first-order valence-corrected chi connectivity index (χ1v) is 6.36. The third kappa shape index (κ3) is 3.36. The van der Waals surface area contributed by atoms with Gasteiger partial charge in [0.05, 0.1) is 23.4 Å². The molecule has 0 radical (unpaired) electrons. The smallest absolute Gasteiger partial charge is 0.270 e. The number of halogens is 1. The van der Waals surface area contributed by atoms with Gasteiger partial charge in [0, 0.05) is 23.2 Å². The Hall–Kier alpha value is -1.80. The molecule has 0 saturated carbocycles. The van der Waals surface area contributed by atoms with Crippen molar-refractivity contribution >= 4 is 21.6 Å². The molecule has 0 aliphatic heterocycles. The summed E-state index contributed by atoms with van der Waals surface area (Å²) in [6.45, 7) is 1.16. The van der Waals surface area contributed by atoms with Crippen LogP contribution in [0.4, 0.5) is 5.69 Å². The molecule has 0 unspecified atom stereocenters. The molecule has 0 fully saturated rings. The van der Waals surface area contributed by atoms with Gasteiger partial charge in [0.2, 0.25) is 0 Å². The topological polar surface area (TPSA) is 85.9 Å². The third-order valence-electron chi connectivity index (χ3n) is 2.52. The van der Waals surface area contributed by atoms with Crippen molar-refractivity contribution in [3.05, 3.63) is 50.2 Å². The van der Waals surface area contributed by atoms with Gasteiger partial charge in [-0.25, -0.2) is 4.68 Å². The van der Waals surface area contributed by atoms with Gasteiger partial charge in [-0.1, -0.05) is 21.1 Å². The summed E-state index contributed by atoms with van der Waals surface area (Å²) < 4.78 is 2.38. The summed E-state index contributed by atoms with van der Waals surface area (Å²) in [7, 11) is 1.84. The van der Waals surface area contributed by atoms with Crippen LogP contribution in [0, 0.1) is 10.1 Å². The molecule has 0 saturated heterocycles. The van der Waals surface area contributed by atoms with E-state index >= 15 is 0 Å². The van der Waals surface area contributed by atoms with Crippen molar-refractivity contribution in [2.24, 2.45) is 0 Å². The Balaban J connectivity index is 2.16. The highest BCUT2D eigenvalue weighted by Crippen LogP contribution is 2.23. The van der Waals surface area contributed by atoms with Crippen molar-refractivity contribution in [1.29, 1.82) is 0 Å². The highest BCUT2D eigenvalue weighted by molar-refractivity contribution is 9.10. The summed E-state index contributed by atoms with van der Waals surface area (Å²) in [5.41, 5.74) is 1.82. The number of nitrogens with zero attached hydrogens (tertiary/aromatic N) is 4. The zero-order valence-corrected chi connectivity index (χ0v) is 11.8. The van der Waals surface area contributed by atoms with Crippen LogP contribution in [0.25, 0.3) is 0 Å². The number of hydrogen-bond donors (Lipinski definition) is 1. The molecule has 2 rings (SSSR count). The Morgan fingerprint density at radius 1 is 1.53 bits per heavy atom. The van der Waals surface area contributed by atoms with Crippen LogP contribution in [0.5, 0.6) is 0 Å². The highest BCUT2D eigenvalue weighted by atomic mass is 79.9. The maximum absolute atomic E-state index is 10.6. The summed E-state index contributed by atoms with van der Waals surface area (Å²) in [6.07, 6.45) is 1.84. The molecule has 1 N–H and O–H groups in total. The van der Waals surface area contributed by atoms with Crippen LogP contribution < -0.4 is 5.32 Å². The molecule has 0 amide bonds. The first kappa shape index (κ1) is 13.6. The molecule has 100 valence electrons. The standard InChI is InChI=1S/C11H12BrN5O2/c1-13-5-9-7-16(15-14-9)6-8-2-3-10(17(18)19)4-11(8)12/h2-4,7,13H,5-6H2,1H3. The van der Waals surface area contributed by atoms with Gasteiger partial charge >= 0.3 is 0 Å². The molecule has 8 heteroatoms. The van der Waals surface area contributed by atoms with Crippen molar-refractivity contribution in [3.63, 3.8) is 0 Å². The fourth-order valence-electron chi connectivity index (χ4n) is 1.63. The highest BCUT2D eigenvalue weighted by Gasteiger charge is 2.10. The minimum Gasteiger partial charge on any atom is -0.314 e. The predicted molar refractivity (Wildman–Crippen MR) is 72.7 cm³/mol. The molecule has 0 bridgehead atoms. The molecule has 2 aromatic rings.